The zero-order chi connectivity index (χ0) is 57.0. The number of carbonyl (C=O) groups is 1. The minimum atomic E-state index is -3.68. The molecule has 76 heavy (non-hydrogen) atoms. The van der Waals surface area contributed by atoms with E-state index in [1.807, 2.05) is 37.7 Å². The second-order valence-corrected chi connectivity index (χ2v) is 25.0. The number of ether oxygens (including phenoxy) is 7. The van der Waals surface area contributed by atoms with Crippen molar-refractivity contribution >= 4 is 16.0 Å². The zero-order valence-electron chi connectivity index (χ0n) is 47.6. The lowest BCUT2D eigenvalue weighted by molar-refractivity contribution is -0.318. The number of likely N-dealkylation sites (N-methyl/N-ethyl adjacent to an activating group) is 2. The number of cyclic esters (lactones) is 1. The van der Waals surface area contributed by atoms with E-state index in [1.165, 1.54) is 52.1 Å². The van der Waals surface area contributed by atoms with E-state index in [0.29, 0.717) is 37.2 Å². The summed E-state index contributed by atoms with van der Waals surface area (Å²) in [6, 6.07) is 4.02. The topological polar surface area (TPSA) is 257 Å². The number of aromatic nitrogens is 3. The monoisotopic (exact) mass is 1100 g/mol. The largest absolute Gasteiger partial charge is 0.459 e. The van der Waals surface area contributed by atoms with Crippen molar-refractivity contribution in [2.24, 2.45) is 17.8 Å². The zero-order valence-corrected chi connectivity index (χ0v) is 48.5. The van der Waals surface area contributed by atoms with E-state index in [-0.39, 0.29) is 30.1 Å². The maximum absolute atomic E-state index is 14.9. The predicted molar refractivity (Wildman–Crippen MR) is 279 cm³/mol. The third-order valence-corrected chi connectivity index (χ3v) is 18.3. The van der Waals surface area contributed by atoms with Crippen LogP contribution >= 0.6 is 0 Å². The maximum atomic E-state index is 14.9. The van der Waals surface area contributed by atoms with Crippen LogP contribution in [0.1, 0.15) is 118 Å². The van der Waals surface area contributed by atoms with Gasteiger partial charge in [-0.3, -0.25) is 4.79 Å². The van der Waals surface area contributed by atoms with Gasteiger partial charge in [-0.2, -0.15) is 0 Å². The van der Waals surface area contributed by atoms with E-state index in [0.717, 1.165) is 4.31 Å². The van der Waals surface area contributed by atoms with Gasteiger partial charge in [0.1, 0.15) is 48.8 Å². The van der Waals surface area contributed by atoms with Crippen LogP contribution in [0.4, 0.5) is 4.39 Å². The number of alkyl halides is 1. The molecule has 0 amide bonds. The van der Waals surface area contributed by atoms with Crippen LogP contribution in [0.15, 0.2) is 35.4 Å². The number of hydrogen-bond donors (Lipinski definition) is 5. The Morgan fingerprint density at radius 2 is 1.59 bits per heavy atom. The molecule has 0 bridgehead atoms. The fourth-order valence-electron chi connectivity index (χ4n) is 11.6. The van der Waals surface area contributed by atoms with Gasteiger partial charge in [-0.05, 0) is 105 Å². The number of rotatable bonds is 17. The van der Waals surface area contributed by atoms with Crippen LogP contribution in [0.2, 0.25) is 0 Å². The molecule has 3 fully saturated rings. The molecular formula is C53H91FN6O15S. The van der Waals surface area contributed by atoms with E-state index in [9.17, 15) is 43.1 Å². The fourth-order valence-corrected chi connectivity index (χ4v) is 12.5. The molecule has 1 aromatic carbocycles. The molecule has 1 aromatic heterocycles. The van der Waals surface area contributed by atoms with Gasteiger partial charge in [-0.25, -0.2) is 21.8 Å². The minimum absolute atomic E-state index is 0.0693. The molecule has 5 rings (SSSR count). The Morgan fingerprint density at radius 1 is 0.947 bits per heavy atom. The van der Waals surface area contributed by atoms with Crippen LogP contribution in [0.5, 0.6) is 0 Å². The van der Waals surface area contributed by atoms with E-state index < -0.39 is 137 Å². The molecule has 0 unspecified atom stereocenters. The number of methoxy groups -OCH3 is 2. The van der Waals surface area contributed by atoms with Gasteiger partial charge in [0.25, 0.3) is 0 Å². The maximum Gasteiger partial charge on any atom is 0.311 e. The molecule has 5 N–H and O–H groups in total. The van der Waals surface area contributed by atoms with Crippen LogP contribution in [0.25, 0.3) is 0 Å². The highest BCUT2D eigenvalue weighted by Gasteiger charge is 2.53. The van der Waals surface area contributed by atoms with Crippen molar-refractivity contribution in [2.75, 3.05) is 62.2 Å². The molecule has 0 aliphatic carbocycles. The molecule has 436 valence electrons. The molecule has 3 aliphatic rings. The Hall–Kier alpha value is -2.85. The summed E-state index contributed by atoms with van der Waals surface area (Å²) < 4.78 is 86.7. The lowest BCUT2D eigenvalue weighted by atomic mass is 9.77. The Labute approximate surface area is 450 Å². The number of halogens is 1. The first-order chi connectivity index (χ1) is 35.4. The summed E-state index contributed by atoms with van der Waals surface area (Å²) in [4.78, 5) is 18.5. The van der Waals surface area contributed by atoms with E-state index in [2.05, 4.69) is 10.3 Å². The highest BCUT2D eigenvalue weighted by molar-refractivity contribution is 7.89. The summed E-state index contributed by atoms with van der Waals surface area (Å²) >= 11 is 0. The Morgan fingerprint density at radius 3 is 2.17 bits per heavy atom. The van der Waals surface area contributed by atoms with Crippen molar-refractivity contribution in [3.63, 3.8) is 0 Å². The summed E-state index contributed by atoms with van der Waals surface area (Å²) in [6.45, 7) is 17.2. The summed E-state index contributed by atoms with van der Waals surface area (Å²) in [5, 5.41) is 68.4. The van der Waals surface area contributed by atoms with E-state index in [4.69, 9.17) is 33.2 Å². The van der Waals surface area contributed by atoms with Crippen LogP contribution in [0, 0.1) is 17.8 Å². The number of benzene rings is 1. The number of carbonyl (C=O) groups excluding carboxylic acids is 1. The average Bonchev–Trinajstić information content (AvgIpc) is 3.84. The third-order valence-electron chi connectivity index (χ3n) is 16.5. The van der Waals surface area contributed by atoms with Crippen LogP contribution in [0.3, 0.4) is 0 Å². The van der Waals surface area contributed by atoms with Gasteiger partial charge in [-0.15, -0.1) is 5.10 Å². The molecule has 21 nitrogen and oxygen atoms in total. The van der Waals surface area contributed by atoms with Gasteiger partial charge in [0.2, 0.25) is 10.0 Å². The van der Waals surface area contributed by atoms with Crippen LogP contribution in [-0.2, 0) is 54.4 Å². The molecule has 3 saturated heterocycles. The summed E-state index contributed by atoms with van der Waals surface area (Å²) in [5.74, 6) is -2.95. The number of sulfonamides is 1. The van der Waals surface area contributed by atoms with Crippen molar-refractivity contribution in [3.05, 3.63) is 41.7 Å². The normalized spacial score (nSPS) is 38.8. The summed E-state index contributed by atoms with van der Waals surface area (Å²) in [7, 11) is 5.79. The number of hydrogen-bond acceptors (Lipinski definition) is 19. The molecule has 4 heterocycles. The molecule has 23 heteroatoms. The van der Waals surface area contributed by atoms with Crippen molar-refractivity contribution in [1.82, 2.24) is 29.1 Å². The summed E-state index contributed by atoms with van der Waals surface area (Å²) in [5.41, 5.74) is -3.55. The number of aliphatic hydroxyl groups excluding tert-OH is 3. The van der Waals surface area contributed by atoms with E-state index in [1.54, 1.807) is 66.8 Å². The first-order valence-electron chi connectivity index (χ1n) is 26.7. The molecule has 0 saturated carbocycles. The third kappa shape index (κ3) is 14.4. The first-order valence-corrected chi connectivity index (χ1v) is 28.1. The van der Waals surface area contributed by atoms with Crippen molar-refractivity contribution in [1.29, 1.82) is 0 Å². The van der Waals surface area contributed by atoms with Crippen LogP contribution < -0.4 is 0 Å². The molecule has 0 spiro atoms. The van der Waals surface area contributed by atoms with Crippen LogP contribution in [-0.4, -0.2) is 221 Å². The average molecular weight is 1100 g/mol. The highest BCUT2D eigenvalue weighted by atomic mass is 32.2. The standard InChI is InChI=1S/C53H91FN6O15S/c1-17-41-53(10,66)46(62)34(6)59(14)28-30(2)25-51(8,65)48(32(4)44(33(5)49(64)73-41)74-42-26-52(9,70-16)47(63)35(7)72-42)75-50-43(61)39(24-31(3)71-50)58(13)23-22-37-29-60(56-55-37)40(27-54)45(69-15)36-18-20-38(21-19-36)76(67,68)57(11)12/h18-21,29-35,39-48,50,61-63,65-66H,17,22-28H2,1-16H3/t30-,31-,32+,33-,34-,35+,39+,40-,41-,42+,43-,44+,45-,46-,47+,48-,50+,51-,52-,53-/m1/s1. The van der Waals surface area contributed by atoms with Gasteiger partial charge < -0.3 is 68.5 Å². The second kappa shape index (κ2) is 26.2. The number of aliphatic hydroxyl groups is 5. The van der Waals surface area contributed by atoms with E-state index >= 15 is 0 Å². The molecule has 2 aromatic rings. The Kier molecular flexibility index (Phi) is 22.0. The van der Waals surface area contributed by atoms with Gasteiger partial charge in [0.15, 0.2) is 12.6 Å². The molecular weight excluding hydrogens is 1010 g/mol. The molecule has 20 atom stereocenters. The minimum Gasteiger partial charge on any atom is -0.459 e. The highest BCUT2D eigenvalue weighted by Crippen LogP contribution is 2.41. The smallest absolute Gasteiger partial charge is 0.311 e. The Bertz CT molecular complexity index is 2260. The van der Waals surface area contributed by atoms with Gasteiger partial charge in [-0.1, -0.05) is 38.1 Å². The predicted octanol–water partition coefficient (Wildman–Crippen LogP) is 3.25. The van der Waals surface area contributed by atoms with Crippen molar-refractivity contribution in [2.45, 2.75) is 209 Å². The van der Waals surface area contributed by atoms with Crippen molar-refractivity contribution in [3.8, 4) is 0 Å². The molecule has 3 aliphatic heterocycles. The fraction of sp³-hybridized carbons (Fsp3) is 0.830. The summed E-state index contributed by atoms with van der Waals surface area (Å²) in [6.07, 6.45) is -8.58. The van der Waals surface area contributed by atoms with Gasteiger partial charge in [0.05, 0.1) is 52.1 Å². The number of nitrogens with zero attached hydrogens (tertiary/aromatic N) is 6. The first kappa shape index (κ1) is 64.0. The lowest BCUT2D eigenvalue weighted by Gasteiger charge is -2.49. The molecule has 0 radical (unpaired) electrons. The van der Waals surface area contributed by atoms with Gasteiger partial charge in [0, 0.05) is 78.4 Å². The second-order valence-electron chi connectivity index (χ2n) is 22.9. The Balaban J connectivity index is 1.43. The van der Waals surface area contributed by atoms with Gasteiger partial charge >= 0.3 is 5.97 Å². The SMILES string of the molecule is CC[C@H]1OC(=O)[C@H](C)[C@@H](O[C@H]2C[C@@](C)(OC)[C@@H](O)[C@H](C)O2)[C@H](C)[C@@H](O[C@@H]2O[C@H](C)C[C@H](N(C)CCc3cn([C@H](CF)[C@H](OC)c4ccc(S(=O)(=O)N(C)C)cc4)nn3)[C@H]2O)[C@](C)(O)C[C@@H](C)CN(C)[C@H](C)[C@@H](O)[C@]1(C)O. The number of esters is 1. The lowest BCUT2D eigenvalue weighted by Crippen LogP contribution is -2.61. The van der Waals surface area contributed by atoms with Crippen molar-refractivity contribution < 1.29 is 76.3 Å². The quantitative estimate of drug-likeness (QED) is 0.143.